The summed E-state index contributed by atoms with van der Waals surface area (Å²) in [5.41, 5.74) is 0. The predicted octanol–water partition coefficient (Wildman–Crippen LogP) is 3.91. The van der Waals surface area contributed by atoms with Gasteiger partial charge in [0.1, 0.15) is 0 Å². The van der Waals surface area contributed by atoms with E-state index >= 15 is 0 Å². The highest BCUT2D eigenvalue weighted by Crippen LogP contribution is 2.42. The van der Waals surface area contributed by atoms with Crippen LogP contribution >= 0.6 is 34.8 Å². The molecule has 0 spiro atoms. The summed E-state index contributed by atoms with van der Waals surface area (Å²) >= 11 is 14.4. The largest absolute Gasteiger partial charge is 0.369 e. The molecule has 0 saturated carbocycles. The molecule has 72 valence electrons. The Bertz CT molecular complexity index is 162. The zero-order valence-corrected chi connectivity index (χ0v) is 8.10. The van der Waals surface area contributed by atoms with Crippen molar-refractivity contribution in [3.8, 4) is 0 Å². The highest BCUT2D eigenvalue weighted by Gasteiger charge is 2.51. The van der Waals surface area contributed by atoms with Crippen molar-refractivity contribution < 1.29 is 13.2 Å². The van der Waals surface area contributed by atoms with Gasteiger partial charge >= 0.3 is 5.38 Å². The second-order valence-corrected chi connectivity index (χ2v) is 3.41. The third-order valence-corrected chi connectivity index (χ3v) is 2.01. The summed E-state index contributed by atoms with van der Waals surface area (Å²) < 4.78 is 36.9. The van der Waals surface area contributed by atoms with Gasteiger partial charge in [0, 0.05) is 12.3 Å². The number of hydrogen-bond donors (Lipinski definition) is 0. The van der Waals surface area contributed by atoms with Crippen LogP contribution in [-0.4, -0.2) is 16.4 Å². The van der Waals surface area contributed by atoms with Crippen molar-refractivity contribution in [3.05, 3.63) is 12.2 Å². The van der Waals surface area contributed by atoms with Crippen LogP contribution in [0, 0.1) is 0 Å². The molecule has 0 amide bonds. The minimum absolute atomic E-state index is 0.112. The lowest BCUT2D eigenvalue weighted by Gasteiger charge is -2.20. The lowest BCUT2D eigenvalue weighted by Crippen LogP contribution is -2.33. The van der Waals surface area contributed by atoms with Gasteiger partial charge in [-0.25, -0.2) is 4.39 Å². The van der Waals surface area contributed by atoms with E-state index in [1.54, 1.807) is 0 Å². The van der Waals surface area contributed by atoms with E-state index in [0.29, 0.717) is 0 Å². The fraction of sp³-hybridized carbons (Fsp3) is 0.667. The minimum Gasteiger partial charge on any atom is -0.218 e. The Hall–Kier alpha value is 0.400. The summed E-state index contributed by atoms with van der Waals surface area (Å²) in [5, 5.41) is -7.33. The van der Waals surface area contributed by atoms with Crippen LogP contribution < -0.4 is 0 Å². The van der Waals surface area contributed by atoms with Crippen LogP contribution in [0.3, 0.4) is 0 Å². The maximum Gasteiger partial charge on any atom is 0.369 e. The van der Waals surface area contributed by atoms with Gasteiger partial charge in [-0.3, -0.25) is 0 Å². The average Bonchev–Trinajstić information content (AvgIpc) is 1.85. The third-order valence-electron chi connectivity index (χ3n) is 1.04. The van der Waals surface area contributed by atoms with E-state index in [2.05, 4.69) is 11.6 Å². The van der Waals surface area contributed by atoms with E-state index in [9.17, 15) is 13.2 Å². The number of hydrogen-bond acceptors (Lipinski definition) is 0. The molecule has 0 aliphatic rings. The number of alkyl halides is 6. The Balaban J connectivity index is 4.14. The summed E-state index contributed by atoms with van der Waals surface area (Å²) in [6, 6.07) is 0. The Labute approximate surface area is 83.3 Å². The van der Waals surface area contributed by atoms with Gasteiger partial charge in [0.15, 0.2) is 0 Å². The highest BCUT2D eigenvalue weighted by molar-refractivity contribution is 6.32. The van der Waals surface area contributed by atoms with E-state index in [4.69, 9.17) is 23.2 Å². The molecule has 1 unspecified atom stereocenters. The summed E-state index contributed by atoms with van der Waals surface area (Å²) in [6.45, 7) is 0. The van der Waals surface area contributed by atoms with Crippen LogP contribution in [0.25, 0.3) is 0 Å². The van der Waals surface area contributed by atoms with E-state index < -0.39 is 16.9 Å². The topological polar surface area (TPSA) is 0 Å². The smallest absolute Gasteiger partial charge is 0.218 e. The van der Waals surface area contributed by atoms with Crippen LogP contribution in [0.15, 0.2) is 12.2 Å². The van der Waals surface area contributed by atoms with Crippen molar-refractivity contribution in [2.45, 2.75) is 16.9 Å². The molecule has 0 radical (unpaired) electrons. The maximum atomic E-state index is 12.7. The van der Waals surface area contributed by atoms with Gasteiger partial charge in [-0.1, -0.05) is 23.8 Å². The number of rotatable bonds is 4. The standard InChI is InChI=1S/C6H6Cl3F3/c7-4-2-1-3-5(8,10)6(9,11)12/h1-2H,3-4H2/b2-1+. The molecule has 0 aliphatic carbocycles. The molecular formula is C6H6Cl3F3. The number of allylic oxidation sites excluding steroid dienone is 2. The fourth-order valence-electron chi connectivity index (χ4n) is 0.410. The van der Waals surface area contributed by atoms with Crippen molar-refractivity contribution in [1.82, 2.24) is 0 Å². The van der Waals surface area contributed by atoms with Crippen molar-refractivity contribution in [2.75, 3.05) is 5.88 Å². The molecule has 0 fully saturated rings. The van der Waals surface area contributed by atoms with Gasteiger partial charge in [0.2, 0.25) is 0 Å². The molecule has 0 heterocycles. The SMILES string of the molecule is FC(F)(Cl)C(F)(Cl)C/C=C/CCl. The van der Waals surface area contributed by atoms with E-state index in [-0.39, 0.29) is 5.88 Å². The first-order valence-electron chi connectivity index (χ1n) is 2.97. The molecule has 12 heavy (non-hydrogen) atoms. The molecule has 0 aliphatic heterocycles. The van der Waals surface area contributed by atoms with Crippen LogP contribution in [0.5, 0.6) is 0 Å². The first-order valence-corrected chi connectivity index (χ1v) is 4.26. The minimum atomic E-state index is -4.08. The molecule has 0 N–H and O–H groups in total. The highest BCUT2D eigenvalue weighted by atomic mass is 35.5. The number of halogens is 6. The first-order chi connectivity index (χ1) is 5.31. The second kappa shape index (κ2) is 4.58. The molecular weight excluding hydrogens is 235 g/mol. The molecule has 0 aromatic carbocycles. The van der Waals surface area contributed by atoms with Crippen molar-refractivity contribution in [2.24, 2.45) is 0 Å². The molecule has 0 saturated heterocycles. The van der Waals surface area contributed by atoms with Gasteiger partial charge in [0.25, 0.3) is 5.13 Å². The fourth-order valence-corrected chi connectivity index (χ4v) is 0.702. The Kier molecular flexibility index (Phi) is 4.74. The van der Waals surface area contributed by atoms with Crippen LogP contribution in [0.2, 0.25) is 0 Å². The monoisotopic (exact) mass is 240 g/mol. The molecule has 0 nitrogen and oxygen atoms in total. The van der Waals surface area contributed by atoms with E-state index in [1.807, 2.05) is 0 Å². The first kappa shape index (κ1) is 12.4. The lowest BCUT2D eigenvalue weighted by atomic mass is 10.2. The van der Waals surface area contributed by atoms with E-state index in [0.717, 1.165) is 6.08 Å². The molecule has 0 aromatic rings. The molecule has 0 aromatic heterocycles. The van der Waals surface area contributed by atoms with Crippen molar-refractivity contribution in [1.29, 1.82) is 0 Å². The Morgan fingerprint density at radius 2 is 1.58 bits per heavy atom. The van der Waals surface area contributed by atoms with Gasteiger partial charge in [-0.2, -0.15) is 8.78 Å². The van der Waals surface area contributed by atoms with Crippen LogP contribution in [0.4, 0.5) is 13.2 Å². The lowest BCUT2D eigenvalue weighted by molar-refractivity contribution is -0.0178. The zero-order valence-electron chi connectivity index (χ0n) is 5.84. The zero-order chi connectivity index (χ0) is 9.83. The van der Waals surface area contributed by atoms with Gasteiger partial charge < -0.3 is 0 Å². The van der Waals surface area contributed by atoms with Gasteiger partial charge in [-0.15, -0.1) is 11.6 Å². The molecule has 6 heteroatoms. The third kappa shape index (κ3) is 3.87. The van der Waals surface area contributed by atoms with Crippen molar-refractivity contribution in [3.63, 3.8) is 0 Å². The van der Waals surface area contributed by atoms with E-state index in [1.165, 1.54) is 6.08 Å². The quantitative estimate of drug-likeness (QED) is 0.517. The Morgan fingerprint density at radius 3 is 1.92 bits per heavy atom. The molecule has 0 bridgehead atoms. The summed E-state index contributed by atoms with van der Waals surface area (Å²) in [5.74, 6) is 0.112. The van der Waals surface area contributed by atoms with Gasteiger partial charge in [-0.05, 0) is 11.6 Å². The molecule has 1 atom stereocenters. The predicted molar refractivity (Wildman–Crippen MR) is 45.0 cm³/mol. The maximum absolute atomic E-state index is 12.7. The second-order valence-electron chi connectivity index (χ2n) is 2.03. The summed E-state index contributed by atoms with van der Waals surface area (Å²) in [4.78, 5) is 0. The Morgan fingerprint density at radius 1 is 1.08 bits per heavy atom. The van der Waals surface area contributed by atoms with Crippen molar-refractivity contribution >= 4 is 34.8 Å². The van der Waals surface area contributed by atoms with Crippen LogP contribution in [-0.2, 0) is 0 Å². The summed E-state index contributed by atoms with van der Waals surface area (Å²) in [7, 11) is 0. The molecule has 0 rings (SSSR count). The van der Waals surface area contributed by atoms with Gasteiger partial charge in [0.05, 0.1) is 0 Å². The summed E-state index contributed by atoms with van der Waals surface area (Å²) in [6.07, 6.45) is 1.73. The average molecular weight is 241 g/mol. The van der Waals surface area contributed by atoms with Crippen LogP contribution in [0.1, 0.15) is 6.42 Å². The normalized spacial score (nSPS) is 18.2.